The molecule has 0 saturated heterocycles. The fourth-order valence-electron chi connectivity index (χ4n) is 3.60. The number of hydrogen-bond donors (Lipinski definition) is 1. The molecule has 0 bridgehead atoms. The second-order valence-electron chi connectivity index (χ2n) is 8.19. The Morgan fingerprint density at radius 2 is 1.31 bits per heavy atom. The van der Waals surface area contributed by atoms with Crippen LogP contribution in [0, 0.1) is 0 Å². The number of benzene rings is 2. The molecule has 0 atom stereocenters. The van der Waals surface area contributed by atoms with Crippen molar-refractivity contribution >= 4 is 21.6 Å². The SMILES string of the molecule is CCCCN(CCCC)S(=O)(=O)c1ccc(NC(=O)c2cc(OCC)c(OCC)c(OCC)c2)cc1. The summed E-state index contributed by atoms with van der Waals surface area (Å²) < 4.78 is 45.0. The highest BCUT2D eigenvalue weighted by Crippen LogP contribution is 2.39. The maximum atomic E-state index is 13.2. The zero-order chi connectivity index (χ0) is 26.6. The highest BCUT2D eigenvalue weighted by Gasteiger charge is 2.24. The molecule has 0 aliphatic carbocycles. The van der Waals surface area contributed by atoms with Crippen LogP contribution in [0.5, 0.6) is 17.2 Å². The average molecular weight is 521 g/mol. The molecule has 0 heterocycles. The summed E-state index contributed by atoms with van der Waals surface area (Å²) in [5.74, 6) is 0.943. The highest BCUT2D eigenvalue weighted by atomic mass is 32.2. The summed E-state index contributed by atoms with van der Waals surface area (Å²) >= 11 is 0. The van der Waals surface area contributed by atoms with Gasteiger partial charge in [-0.25, -0.2) is 8.42 Å². The summed E-state index contributed by atoms with van der Waals surface area (Å²) in [5, 5.41) is 2.83. The molecule has 2 rings (SSSR count). The monoisotopic (exact) mass is 520 g/mol. The van der Waals surface area contributed by atoms with E-state index in [0.717, 1.165) is 25.7 Å². The molecule has 200 valence electrons. The van der Waals surface area contributed by atoms with Gasteiger partial charge in [0, 0.05) is 24.3 Å². The van der Waals surface area contributed by atoms with E-state index < -0.39 is 10.0 Å². The molecule has 0 spiro atoms. The number of rotatable bonds is 16. The minimum absolute atomic E-state index is 0.214. The molecule has 1 N–H and O–H groups in total. The number of nitrogens with zero attached hydrogens (tertiary/aromatic N) is 1. The number of carbonyl (C=O) groups is 1. The lowest BCUT2D eigenvalue weighted by molar-refractivity contribution is 0.102. The second kappa shape index (κ2) is 14.7. The minimum Gasteiger partial charge on any atom is -0.490 e. The Morgan fingerprint density at radius 3 is 1.75 bits per heavy atom. The van der Waals surface area contributed by atoms with Gasteiger partial charge < -0.3 is 19.5 Å². The lowest BCUT2D eigenvalue weighted by atomic mass is 10.1. The minimum atomic E-state index is -3.60. The van der Waals surface area contributed by atoms with Crippen LogP contribution in [0.15, 0.2) is 41.3 Å². The molecule has 2 aromatic carbocycles. The van der Waals surface area contributed by atoms with Gasteiger partial charge in [0.05, 0.1) is 24.7 Å². The van der Waals surface area contributed by atoms with Crippen molar-refractivity contribution in [2.75, 3.05) is 38.2 Å². The fraction of sp³-hybridized carbons (Fsp3) is 0.519. The smallest absolute Gasteiger partial charge is 0.255 e. The van der Waals surface area contributed by atoms with Crippen molar-refractivity contribution in [2.24, 2.45) is 0 Å². The van der Waals surface area contributed by atoms with Gasteiger partial charge in [-0.15, -0.1) is 0 Å². The molecule has 1 amide bonds. The van der Waals surface area contributed by atoms with E-state index in [-0.39, 0.29) is 10.8 Å². The van der Waals surface area contributed by atoms with Crippen LogP contribution in [-0.4, -0.2) is 51.5 Å². The first-order valence-corrected chi connectivity index (χ1v) is 14.2. The lowest BCUT2D eigenvalue weighted by Crippen LogP contribution is -2.33. The summed E-state index contributed by atoms with van der Waals surface area (Å²) in [5.41, 5.74) is 0.824. The first-order chi connectivity index (χ1) is 17.3. The van der Waals surface area contributed by atoms with E-state index in [0.29, 0.717) is 61.4 Å². The van der Waals surface area contributed by atoms with Crippen molar-refractivity contribution in [1.29, 1.82) is 0 Å². The Labute approximate surface area is 216 Å². The van der Waals surface area contributed by atoms with Crippen molar-refractivity contribution < 1.29 is 27.4 Å². The van der Waals surface area contributed by atoms with Gasteiger partial charge in [-0.3, -0.25) is 4.79 Å². The van der Waals surface area contributed by atoms with E-state index >= 15 is 0 Å². The van der Waals surface area contributed by atoms with Crippen molar-refractivity contribution in [3.8, 4) is 17.2 Å². The maximum Gasteiger partial charge on any atom is 0.255 e. The molecule has 0 aromatic heterocycles. The quantitative estimate of drug-likeness (QED) is 0.304. The van der Waals surface area contributed by atoms with Gasteiger partial charge in [0.15, 0.2) is 11.5 Å². The van der Waals surface area contributed by atoms with Crippen LogP contribution in [0.4, 0.5) is 5.69 Å². The molecule has 0 aliphatic rings. The van der Waals surface area contributed by atoms with Crippen LogP contribution in [0.1, 0.15) is 70.7 Å². The Bertz CT molecular complexity index is 1040. The van der Waals surface area contributed by atoms with Crippen LogP contribution in [-0.2, 0) is 10.0 Å². The number of sulfonamides is 1. The van der Waals surface area contributed by atoms with E-state index in [9.17, 15) is 13.2 Å². The number of hydrogen-bond acceptors (Lipinski definition) is 6. The summed E-state index contributed by atoms with van der Waals surface area (Å²) in [6.07, 6.45) is 3.47. The number of ether oxygens (including phenoxy) is 3. The zero-order valence-electron chi connectivity index (χ0n) is 22.1. The largest absolute Gasteiger partial charge is 0.490 e. The molecule has 0 unspecified atom stereocenters. The zero-order valence-corrected chi connectivity index (χ0v) is 22.9. The van der Waals surface area contributed by atoms with Gasteiger partial charge in [0.2, 0.25) is 15.8 Å². The lowest BCUT2D eigenvalue weighted by Gasteiger charge is -2.22. The summed E-state index contributed by atoms with van der Waals surface area (Å²) in [7, 11) is -3.60. The Kier molecular flexibility index (Phi) is 12.0. The first-order valence-electron chi connectivity index (χ1n) is 12.8. The van der Waals surface area contributed by atoms with E-state index in [2.05, 4.69) is 5.32 Å². The third-order valence-corrected chi connectivity index (χ3v) is 7.36. The van der Waals surface area contributed by atoms with E-state index in [1.54, 1.807) is 28.6 Å². The Balaban J connectivity index is 2.26. The van der Waals surface area contributed by atoms with Crippen molar-refractivity contribution in [1.82, 2.24) is 4.31 Å². The van der Waals surface area contributed by atoms with Crippen molar-refractivity contribution in [3.05, 3.63) is 42.0 Å². The summed E-state index contributed by atoms with van der Waals surface area (Å²) in [6, 6.07) is 9.50. The second-order valence-corrected chi connectivity index (χ2v) is 10.1. The van der Waals surface area contributed by atoms with E-state index in [1.807, 2.05) is 34.6 Å². The molecule has 0 saturated carbocycles. The summed E-state index contributed by atoms with van der Waals surface area (Å²) in [6.45, 7) is 11.9. The average Bonchev–Trinajstić information content (AvgIpc) is 2.86. The van der Waals surface area contributed by atoms with Gasteiger partial charge in [0.25, 0.3) is 5.91 Å². The molecule has 36 heavy (non-hydrogen) atoms. The predicted octanol–water partition coefficient (Wildman–Crippen LogP) is 5.73. The normalized spacial score (nSPS) is 11.4. The van der Waals surface area contributed by atoms with E-state index in [1.165, 1.54) is 12.1 Å². The van der Waals surface area contributed by atoms with Gasteiger partial charge >= 0.3 is 0 Å². The van der Waals surface area contributed by atoms with Crippen molar-refractivity contribution in [3.63, 3.8) is 0 Å². The van der Waals surface area contributed by atoms with Gasteiger partial charge in [0.1, 0.15) is 0 Å². The molecule has 0 radical (unpaired) electrons. The van der Waals surface area contributed by atoms with Crippen LogP contribution >= 0.6 is 0 Å². The van der Waals surface area contributed by atoms with E-state index in [4.69, 9.17) is 14.2 Å². The standard InChI is InChI=1S/C27H40N2O6S/c1-6-11-17-29(18-12-7-2)36(31,32)23-15-13-22(14-16-23)28-27(30)21-19-24(33-8-3)26(35-10-5)25(20-21)34-9-4/h13-16,19-20H,6-12,17-18H2,1-5H3,(H,28,30). The molecule has 9 heteroatoms. The fourth-order valence-corrected chi connectivity index (χ4v) is 5.12. The Hall–Kier alpha value is -2.78. The molecule has 0 aliphatic heterocycles. The van der Waals surface area contributed by atoms with Crippen LogP contribution < -0.4 is 19.5 Å². The summed E-state index contributed by atoms with van der Waals surface area (Å²) in [4.78, 5) is 13.2. The third-order valence-electron chi connectivity index (χ3n) is 5.44. The predicted molar refractivity (Wildman–Crippen MR) is 143 cm³/mol. The molecule has 0 fully saturated rings. The molecule has 8 nitrogen and oxygen atoms in total. The van der Waals surface area contributed by atoms with Crippen molar-refractivity contribution in [2.45, 2.75) is 65.2 Å². The van der Waals surface area contributed by atoms with Gasteiger partial charge in [-0.1, -0.05) is 26.7 Å². The number of nitrogens with one attached hydrogen (secondary N) is 1. The topological polar surface area (TPSA) is 94.2 Å². The van der Waals surface area contributed by atoms with Gasteiger partial charge in [-0.05, 0) is 70.0 Å². The van der Waals surface area contributed by atoms with Crippen LogP contribution in [0.3, 0.4) is 0 Å². The highest BCUT2D eigenvalue weighted by molar-refractivity contribution is 7.89. The number of anilines is 1. The number of amides is 1. The maximum absolute atomic E-state index is 13.2. The number of unbranched alkanes of at least 4 members (excludes halogenated alkanes) is 2. The molecular weight excluding hydrogens is 480 g/mol. The number of carbonyl (C=O) groups excluding carboxylic acids is 1. The molecule has 2 aromatic rings. The Morgan fingerprint density at radius 1 is 0.806 bits per heavy atom. The van der Waals surface area contributed by atoms with Gasteiger partial charge in [-0.2, -0.15) is 4.31 Å². The van der Waals surface area contributed by atoms with Crippen LogP contribution in [0.25, 0.3) is 0 Å². The van der Waals surface area contributed by atoms with Crippen LogP contribution in [0.2, 0.25) is 0 Å². The first kappa shape index (κ1) is 29.5. The molecular formula is C27H40N2O6S. The third kappa shape index (κ3) is 7.86.